The Bertz CT molecular complexity index is 1130. The molecule has 0 aliphatic rings. The Balaban J connectivity index is 1.79. The fourth-order valence-electron chi connectivity index (χ4n) is 4.04. The van der Waals surface area contributed by atoms with Crippen LogP contribution in [0.5, 0.6) is 11.5 Å². The van der Waals surface area contributed by atoms with Gasteiger partial charge in [0, 0.05) is 18.8 Å². The molecular formula is C30H37NO4S2. The van der Waals surface area contributed by atoms with Crippen molar-refractivity contribution in [2.24, 2.45) is 0 Å². The van der Waals surface area contributed by atoms with Crippen molar-refractivity contribution in [3.63, 3.8) is 0 Å². The molecule has 3 rings (SSSR count). The average molecular weight is 540 g/mol. The van der Waals surface area contributed by atoms with Crippen LogP contribution in [-0.4, -0.2) is 37.9 Å². The van der Waals surface area contributed by atoms with E-state index >= 15 is 0 Å². The molecule has 0 radical (unpaired) electrons. The zero-order valence-corrected chi connectivity index (χ0v) is 23.3. The number of nitrogens with zero attached hydrogens (tertiary/aromatic N) is 1. The minimum atomic E-state index is -3.60. The number of hydrogen-bond acceptors (Lipinski definition) is 5. The maximum atomic E-state index is 14.1. The highest BCUT2D eigenvalue weighted by molar-refractivity contribution is 7.98. The summed E-state index contributed by atoms with van der Waals surface area (Å²) in [6, 6.07) is 25.4. The third-order valence-electron chi connectivity index (χ3n) is 6.21. The Labute approximate surface area is 226 Å². The van der Waals surface area contributed by atoms with E-state index in [0.717, 1.165) is 34.1 Å². The number of sulfonamides is 1. The molecule has 0 saturated carbocycles. The Morgan fingerprint density at radius 1 is 0.811 bits per heavy atom. The summed E-state index contributed by atoms with van der Waals surface area (Å²) >= 11 is 1.78. The van der Waals surface area contributed by atoms with Gasteiger partial charge in [0.2, 0.25) is 10.0 Å². The van der Waals surface area contributed by atoms with Crippen LogP contribution in [0.2, 0.25) is 0 Å². The molecule has 0 N–H and O–H groups in total. The molecule has 0 aliphatic carbocycles. The molecule has 0 saturated heterocycles. The van der Waals surface area contributed by atoms with Gasteiger partial charge < -0.3 is 9.47 Å². The smallest absolute Gasteiger partial charge is 0.217 e. The lowest BCUT2D eigenvalue weighted by Crippen LogP contribution is -2.38. The van der Waals surface area contributed by atoms with Crippen molar-refractivity contribution < 1.29 is 17.9 Å². The highest BCUT2D eigenvalue weighted by Crippen LogP contribution is 2.26. The molecule has 0 amide bonds. The normalized spacial score (nSPS) is 12.3. The lowest BCUT2D eigenvalue weighted by Gasteiger charge is -2.28. The van der Waals surface area contributed by atoms with E-state index in [4.69, 9.17) is 9.47 Å². The molecule has 0 aliphatic heterocycles. The Morgan fingerprint density at radius 3 is 1.84 bits per heavy atom. The van der Waals surface area contributed by atoms with Gasteiger partial charge in [-0.25, -0.2) is 8.42 Å². The van der Waals surface area contributed by atoms with Gasteiger partial charge in [-0.2, -0.15) is 16.1 Å². The Morgan fingerprint density at radius 2 is 1.35 bits per heavy atom. The van der Waals surface area contributed by atoms with Gasteiger partial charge in [0.15, 0.2) is 0 Å². The van der Waals surface area contributed by atoms with Crippen molar-refractivity contribution in [3.8, 4) is 11.5 Å². The second-order valence-electron chi connectivity index (χ2n) is 8.82. The molecule has 3 aromatic rings. The zero-order valence-electron chi connectivity index (χ0n) is 21.7. The van der Waals surface area contributed by atoms with Gasteiger partial charge >= 0.3 is 0 Å². The SMILES string of the molecule is C=CCC[C@H](CCSCc1ccccc1)S(=O)(=O)N(Cc1ccc(OC)cc1)Cc1ccc(OC)cc1. The van der Waals surface area contributed by atoms with Gasteiger partial charge in [-0.15, -0.1) is 6.58 Å². The zero-order chi connectivity index (χ0) is 26.5. The second kappa shape index (κ2) is 14.9. The van der Waals surface area contributed by atoms with E-state index in [2.05, 4.69) is 18.7 Å². The lowest BCUT2D eigenvalue weighted by molar-refractivity contribution is 0.388. The van der Waals surface area contributed by atoms with E-state index in [1.54, 1.807) is 36.4 Å². The fraction of sp³-hybridized carbons (Fsp3) is 0.333. The minimum absolute atomic E-state index is 0.292. The van der Waals surface area contributed by atoms with Gasteiger partial charge in [-0.3, -0.25) is 0 Å². The Hall–Kier alpha value is -2.74. The molecule has 3 aromatic carbocycles. The summed E-state index contributed by atoms with van der Waals surface area (Å²) < 4.78 is 40.3. The highest BCUT2D eigenvalue weighted by Gasteiger charge is 2.31. The van der Waals surface area contributed by atoms with Gasteiger partial charge in [-0.05, 0) is 66.0 Å². The monoisotopic (exact) mass is 539 g/mol. The summed E-state index contributed by atoms with van der Waals surface area (Å²) in [4.78, 5) is 0. The topological polar surface area (TPSA) is 55.8 Å². The number of allylic oxidation sites excluding steroid dienone is 1. The molecule has 7 heteroatoms. The van der Waals surface area contributed by atoms with Crippen LogP contribution < -0.4 is 9.47 Å². The predicted molar refractivity (Wildman–Crippen MR) is 155 cm³/mol. The first-order valence-electron chi connectivity index (χ1n) is 12.4. The van der Waals surface area contributed by atoms with Crippen molar-refractivity contribution in [1.82, 2.24) is 4.31 Å². The molecule has 37 heavy (non-hydrogen) atoms. The van der Waals surface area contributed by atoms with Crippen molar-refractivity contribution >= 4 is 21.8 Å². The van der Waals surface area contributed by atoms with Crippen LogP contribution in [0, 0.1) is 0 Å². The second-order valence-corrected chi connectivity index (χ2v) is 12.1. The number of hydrogen-bond donors (Lipinski definition) is 0. The summed E-state index contributed by atoms with van der Waals surface area (Å²) in [6.07, 6.45) is 3.61. The van der Waals surface area contributed by atoms with Gasteiger partial charge in [0.1, 0.15) is 11.5 Å². The molecule has 0 unspecified atom stereocenters. The number of benzene rings is 3. The molecule has 5 nitrogen and oxygen atoms in total. The van der Waals surface area contributed by atoms with Crippen LogP contribution >= 0.6 is 11.8 Å². The van der Waals surface area contributed by atoms with Crippen LogP contribution in [0.4, 0.5) is 0 Å². The van der Waals surface area contributed by atoms with E-state index < -0.39 is 15.3 Å². The maximum absolute atomic E-state index is 14.1. The molecule has 1 atom stereocenters. The fourth-order valence-corrected chi connectivity index (χ4v) is 7.14. The van der Waals surface area contributed by atoms with Gasteiger partial charge in [-0.1, -0.05) is 60.7 Å². The highest BCUT2D eigenvalue weighted by atomic mass is 32.2. The number of ether oxygens (including phenoxy) is 2. The predicted octanol–water partition coefficient (Wildman–Crippen LogP) is 6.69. The van der Waals surface area contributed by atoms with E-state index in [0.29, 0.717) is 32.4 Å². The maximum Gasteiger partial charge on any atom is 0.217 e. The van der Waals surface area contributed by atoms with Crippen molar-refractivity contribution in [2.75, 3.05) is 20.0 Å². The molecule has 0 heterocycles. The van der Waals surface area contributed by atoms with E-state index in [-0.39, 0.29) is 0 Å². The standard InChI is InChI=1S/C30H37NO4S2/c1-4-5-11-30(20-21-36-24-27-9-7-6-8-10-27)37(32,33)31(22-25-12-16-28(34-2)17-13-25)23-26-14-18-29(35-3)19-15-26/h4,6-10,12-19,30H,1,5,11,20-24H2,2-3H3/t30-/m1/s1. The molecule has 198 valence electrons. The lowest BCUT2D eigenvalue weighted by atomic mass is 10.2. The van der Waals surface area contributed by atoms with Crippen LogP contribution in [0.25, 0.3) is 0 Å². The third-order valence-corrected chi connectivity index (χ3v) is 9.56. The number of thioether (sulfide) groups is 1. The summed E-state index contributed by atoms with van der Waals surface area (Å²) in [7, 11) is -0.358. The van der Waals surface area contributed by atoms with Gasteiger partial charge in [0.05, 0.1) is 19.5 Å². The first kappa shape index (κ1) is 28.8. The first-order valence-corrected chi connectivity index (χ1v) is 15.1. The first-order chi connectivity index (χ1) is 18.0. The number of rotatable bonds is 16. The van der Waals surface area contributed by atoms with E-state index in [1.807, 2.05) is 66.7 Å². The molecule has 0 aromatic heterocycles. The summed E-state index contributed by atoms with van der Waals surface area (Å²) in [6.45, 7) is 4.41. The van der Waals surface area contributed by atoms with Crippen LogP contribution in [-0.2, 0) is 28.9 Å². The molecule has 0 bridgehead atoms. The van der Waals surface area contributed by atoms with Crippen molar-refractivity contribution in [3.05, 3.63) is 108 Å². The van der Waals surface area contributed by atoms with Crippen LogP contribution in [0.1, 0.15) is 36.0 Å². The van der Waals surface area contributed by atoms with Crippen LogP contribution in [0.15, 0.2) is 91.5 Å². The third kappa shape index (κ3) is 8.95. The minimum Gasteiger partial charge on any atom is -0.497 e. The van der Waals surface area contributed by atoms with Crippen molar-refractivity contribution in [2.45, 2.75) is 43.4 Å². The summed E-state index contributed by atoms with van der Waals surface area (Å²) in [5.41, 5.74) is 3.08. The largest absolute Gasteiger partial charge is 0.497 e. The van der Waals surface area contributed by atoms with Crippen molar-refractivity contribution in [1.29, 1.82) is 0 Å². The average Bonchev–Trinajstić information content (AvgIpc) is 2.93. The summed E-state index contributed by atoms with van der Waals surface area (Å²) in [5.74, 6) is 3.13. The quantitative estimate of drug-likeness (QED) is 0.150. The number of methoxy groups -OCH3 is 2. The van der Waals surface area contributed by atoms with Gasteiger partial charge in [0.25, 0.3) is 0 Å². The van der Waals surface area contributed by atoms with Crippen LogP contribution in [0.3, 0.4) is 0 Å². The molecule has 0 fully saturated rings. The summed E-state index contributed by atoms with van der Waals surface area (Å²) in [5, 5.41) is -0.481. The van der Waals surface area contributed by atoms with E-state index in [9.17, 15) is 8.42 Å². The molecule has 0 spiro atoms. The molecular weight excluding hydrogens is 502 g/mol. The Kier molecular flexibility index (Phi) is 11.6. The van der Waals surface area contributed by atoms with E-state index in [1.165, 1.54) is 5.56 Å².